The number of urea groups is 1. The minimum atomic E-state index is -0.180. The van der Waals surface area contributed by atoms with Gasteiger partial charge in [-0.05, 0) is 44.4 Å². The maximum Gasteiger partial charge on any atom is 0.321 e. The van der Waals surface area contributed by atoms with Gasteiger partial charge in [0.2, 0.25) is 0 Å². The van der Waals surface area contributed by atoms with Crippen LogP contribution < -0.4 is 10.6 Å². The lowest BCUT2D eigenvalue weighted by Crippen LogP contribution is -2.60. The summed E-state index contributed by atoms with van der Waals surface area (Å²) in [5.41, 5.74) is 1.89. The second-order valence-electron chi connectivity index (χ2n) is 6.35. The van der Waals surface area contributed by atoms with Crippen LogP contribution >= 0.6 is 0 Å². The molecule has 6 heteroatoms. The Hall–Kier alpha value is -2.86. The van der Waals surface area contributed by atoms with Crippen molar-refractivity contribution in [2.24, 2.45) is 0 Å². The first kappa shape index (κ1) is 17.0. The van der Waals surface area contributed by atoms with Gasteiger partial charge in [-0.2, -0.15) is 0 Å². The van der Waals surface area contributed by atoms with E-state index in [1.165, 1.54) is 0 Å². The molecule has 0 aromatic heterocycles. The van der Waals surface area contributed by atoms with E-state index in [0.717, 1.165) is 13.1 Å². The molecule has 1 aliphatic heterocycles. The third kappa shape index (κ3) is 4.16. The van der Waals surface area contributed by atoms with Crippen molar-refractivity contribution in [1.82, 2.24) is 9.80 Å². The lowest BCUT2D eigenvalue weighted by Gasteiger charge is -2.42. The highest BCUT2D eigenvalue weighted by Crippen LogP contribution is 2.19. The molecule has 25 heavy (non-hydrogen) atoms. The molecule has 0 bridgehead atoms. The number of benzene rings is 2. The van der Waals surface area contributed by atoms with E-state index in [2.05, 4.69) is 15.5 Å². The summed E-state index contributed by atoms with van der Waals surface area (Å²) in [4.78, 5) is 28.3. The molecule has 2 aromatic carbocycles. The van der Waals surface area contributed by atoms with Crippen molar-refractivity contribution < 1.29 is 9.59 Å². The van der Waals surface area contributed by atoms with Gasteiger partial charge >= 0.3 is 6.03 Å². The van der Waals surface area contributed by atoms with Crippen molar-refractivity contribution >= 4 is 23.3 Å². The highest BCUT2D eigenvalue weighted by atomic mass is 16.2. The number of likely N-dealkylation sites (tertiary alicyclic amines) is 1. The number of amides is 3. The van der Waals surface area contributed by atoms with Crippen LogP contribution in [0.1, 0.15) is 10.4 Å². The predicted octanol–water partition coefficient (Wildman–Crippen LogP) is 2.72. The maximum atomic E-state index is 12.2. The number of hydrogen-bond acceptors (Lipinski definition) is 3. The van der Waals surface area contributed by atoms with Crippen molar-refractivity contribution in [2.45, 2.75) is 6.04 Å². The summed E-state index contributed by atoms with van der Waals surface area (Å²) in [6.45, 7) is 1.45. The van der Waals surface area contributed by atoms with E-state index in [1.807, 2.05) is 32.3 Å². The van der Waals surface area contributed by atoms with Crippen LogP contribution in [0.3, 0.4) is 0 Å². The van der Waals surface area contributed by atoms with E-state index < -0.39 is 0 Å². The second kappa shape index (κ2) is 7.36. The van der Waals surface area contributed by atoms with Gasteiger partial charge in [0, 0.05) is 36.1 Å². The number of nitrogens with zero attached hydrogens (tertiary/aromatic N) is 2. The Morgan fingerprint density at radius 1 is 0.960 bits per heavy atom. The van der Waals surface area contributed by atoms with Gasteiger partial charge in [-0.1, -0.05) is 24.3 Å². The highest BCUT2D eigenvalue weighted by molar-refractivity contribution is 6.04. The molecule has 2 aromatic rings. The largest absolute Gasteiger partial charge is 0.322 e. The van der Waals surface area contributed by atoms with Gasteiger partial charge in [-0.25, -0.2) is 4.79 Å². The van der Waals surface area contributed by atoms with E-state index >= 15 is 0 Å². The zero-order valence-electron chi connectivity index (χ0n) is 14.4. The second-order valence-corrected chi connectivity index (χ2v) is 6.35. The average Bonchev–Trinajstić information content (AvgIpc) is 2.54. The Bertz CT molecular complexity index is 755. The number of likely N-dealkylation sites (N-methyl/N-ethyl adjacent to an activating group) is 1. The molecule has 1 aliphatic rings. The fourth-order valence-corrected chi connectivity index (χ4v) is 2.62. The van der Waals surface area contributed by atoms with E-state index in [0.29, 0.717) is 23.0 Å². The molecule has 2 N–H and O–H groups in total. The quantitative estimate of drug-likeness (QED) is 0.901. The Balaban J connectivity index is 1.58. The Kier molecular flexibility index (Phi) is 5.00. The van der Waals surface area contributed by atoms with Crippen LogP contribution in [0.5, 0.6) is 0 Å². The summed E-state index contributed by atoms with van der Waals surface area (Å²) in [5.74, 6) is -0.180. The van der Waals surface area contributed by atoms with E-state index in [9.17, 15) is 9.59 Å². The van der Waals surface area contributed by atoms with Gasteiger partial charge in [0.1, 0.15) is 0 Å². The first-order valence-corrected chi connectivity index (χ1v) is 8.22. The molecule has 0 aliphatic carbocycles. The van der Waals surface area contributed by atoms with Crippen molar-refractivity contribution in [1.29, 1.82) is 0 Å². The van der Waals surface area contributed by atoms with E-state index in [4.69, 9.17) is 0 Å². The maximum absolute atomic E-state index is 12.2. The summed E-state index contributed by atoms with van der Waals surface area (Å²) in [6.07, 6.45) is 0. The molecular formula is C19H22N4O2. The van der Waals surface area contributed by atoms with Crippen LogP contribution in [-0.4, -0.2) is 55.0 Å². The van der Waals surface area contributed by atoms with Crippen LogP contribution in [0.4, 0.5) is 16.2 Å². The Labute approximate surface area is 147 Å². The van der Waals surface area contributed by atoms with Gasteiger partial charge < -0.3 is 20.4 Å². The first-order valence-electron chi connectivity index (χ1n) is 8.22. The summed E-state index contributed by atoms with van der Waals surface area (Å²) in [6, 6.07) is 16.5. The minimum absolute atomic E-state index is 0.121. The molecule has 0 radical (unpaired) electrons. The molecule has 1 fully saturated rings. The fourth-order valence-electron chi connectivity index (χ4n) is 2.62. The standard InChI is InChI=1S/C19H22N4O2/c1-22(2)17-12-23(13-17)19(25)21-16-10-6-9-15(11-16)20-18(24)14-7-4-3-5-8-14/h3-11,17H,12-13H2,1-2H3,(H,20,24)(H,21,25). The minimum Gasteiger partial charge on any atom is -0.322 e. The van der Waals surface area contributed by atoms with Crippen LogP contribution in [0.2, 0.25) is 0 Å². The van der Waals surface area contributed by atoms with Crippen LogP contribution in [0, 0.1) is 0 Å². The van der Waals surface area contributed by atoms with E-state index in [1.54, 1.807) is 41.3 Å². The zero-order valence-corrected chi connectivity index (χ0v) is 14.4. The summed E-state index contributed by atoms with van der Waals surface area (Å²) in [5, 5.41) is 5.71. The molecule has 3 rings (SSSR count). The van der Waals surface area contributed by atoms with Crippen LogP contribution in [-0.2, 0) is 0 Å². The number of hydrogen-bond donors (Lipinski definition) is 2. The van der Waals surface area contributed by atoms with Gasteiger partial charge in [-0.3, -0.25) is 4.79 Å². The van der Waals surface area contributed by atoms with Crippen LogP contribution in [0.15, 0.2) is 54.6 Å². The zero-order chi connectivity index (χ0) is 17.8. The van der Waals surface area contributed by atoms with Gasteiger partial charge in [0.25, 0.3) is 5.91 Å². The Morgan fingerprint density at radius 2 is 1.60 bits per heavy atom. The highest BCUT2D eigenvalue weighted by Gasteiger charge is 2.31. The summed E-state index contributed by atoms with van der Waals surface area (Å²) in [7, 11) is 4.03. The number of nitrogens with one attached hydrogen (secondary N) is 2. The SMILES string of the molecule is CN(C)C1CN(C(=O)Nc2cccc(NC(=O)c3ccccc3)c2)C1. The molecule has 0 saturated carbocycles. The molecule has 0 atom stereocenters. The average molecular weight is 338 g/mol. The topological polar surface area (TPSA) is 64.7 Å². The smallest absolute Gasteiger partial charge is 0.321 e. The number of carbonyl (C=O) groups excluding carboxylic acids is 2. The molecule has 130 valence electrons. The summed E-state index contributed by atoms with van der Waals surface area (Å²) >= 11 is 0. The Morgan fingerprint density at radius 3 is 2.24 bits per heavy atom. The van der Waals surface area contributed by atoms with Crippen molar-refractivity contribution in [2.75, 3.05) is 37.8 Å². The van der Waals surface area contributed by atoms with Gasteiger partial charge in [0.05, 0.1) is 0 Å². The molecule has 0 spiro atoms. The lowest BCUT2D eigenvalue weighted by molar-refractivity contribution is 0.0942. The van der Waals surface area contributed by atoms with Gasteiger partial charge in [0.15, 0.2) is 0 Å². The molecule has 1 saturated heterocycles. The summed E-state index contributed by atoms with van der Waals surface area (Å²) < 4.78 is 0. The number of rotatable bonds is 4. The predicted molar refractivity (Wildman–Crippen MR) is 98.9 cm³/mol. The number of carbonyl (C=O) groups is 2. The lowest BCUT2D eigenvalue weighted by atomic mass is 10.1. The third-order valence-electron chi connectivity index (χ3n) is 4.29. The van der Waals surface area contributed by atoms with E-state index in [-0.39, 0.29) is 11.9 Å². The molecule has 6 nitrogen and oxygen atoms in total. The normalized spacial score (nSPS) is 14.1. The van der Waals surface area contributed by atoms with Crippen LogP contribution in [0.25, 0.3) is 0 Å². The van der Waals surface area contributed by atoms with Crippen molar-refractivity contribution in [3.8, 4) is 0 Å². The molecular weight excluding hydrogens is 316 g/mol. The molecule has 1 heterocycles. The molecule has 0 unspecified atom stereocenters. The first-order chi connectivity index (χ1) is 12.0. The van der Waals surface area contributed by atoms with Crippen molar-refractivity contribution in [3.63, 3.8) is 0 Å². The third-order valence-corrected chi connectivity index (χ3v) is 4.29. The number of anilines is 2. The fraction of sp³-hybridized carbons (Fsp3) is 0.263. The van der Waals surface area contributed by atoms with Gasteiger partial charge in [-0.15, -0.1) is 0 Å². The molecule has 3 amide bonds. The monoisotopic (exact) mass is 338 g/mol. The van der Waals surface area contributed by atoms with Crippen molar-refractivity contribution in [3.05, 3.63) is 60.2 Å².